The minimum absolute atomic E-state index is 0.369. The molecule has 0 aromatic heterocycles. The van der Waals surface area contributed by atoms with E-state index in [9.17, 15) is 12.8 Å². The van der Waals surface area contributed by atoms with Crippen LogP contribution in [-0.4, -0.2) is 39.0 Å². The average molecular weight is 378 g/mol. The van der Waals surface area contributed by atoms with Crippen molar-refractivity contribution in [3.8, 4) is 11.5 Å². The zero-order valence-electron chi connectivity index (χ0n) is 14.6. The van der Waals surface area contributed by atoms with E-state index < -0.39 is 16.1 Å². The molecule has 6 nitrogen and oxygen atoms in total. The Labute approximate surface area is 151 Å². The van der Waals surface area contributed by atoms with Crippen molar-refractivity contribution in [2.75, 3.05) is 20.5 Å². The van der Waals surface area contributed by atoms with Crippen LogP contribution in [0.2, 0.25) is 0 Å². The van der Waals surface area contributed by atoms with Gasteiger partial charge in [0.15, 0.2) is 11.5 Å². The molecule has 2 aromatic carbocycles. The lowest BCUT2D eigenvalue weighted by atomic mass is 9.99. The van der Waals surface area contributed by atoms with Crippen LogP contribution in [0.4, 0.5) is 4.39 Å². The van der Waals surface area contributed by atoms with Crippen LogP contribution in [0.15, 0.2) is 47.6 Å². The summed E-state index contributed by atoms with van der Waals surface area (Å²) in [6.07, 6.45) is 1.47. The fourth-order valence-corrected chi connectivity index (χ4v) is 3.82. The summed E-state index contributed by atoms with van der Waals surface area (Å²) in [5.74, 6) is 0.729. The quantitative estimate of drug-likeness (QED) is 0.802. The van der Waals surface area contributed by atoms with Crippen LogP contribution >= 0.6 is 0 Å². The first kappa shape index (κ1) is 18.2. The van der Waals surface area contributed by atoms with Crippen LogP contribution < -0.4 is 9.47 Å². The summed E-state index contributed by atoms with van der Waals surface area (Å²) in [6, 6.07) is 10.5. The molecule has 0 spiro atoms. The number of hydrazone groups is 1. The molecule has 26 heavy (non-hydrogen) atoms. The Bertz CT molecular complexity index is 942. The molecule has 0 radical (unpaired) electrons. The monoisotopic (exact) mass is 378 g/mol. The Hall–Kier alpha value is -2.61. The van der Waals surface area contributed by atoms with Gasteiger partial charge < -0.3 is 9.47 Å². The maximum atomic E-state index is 13.2. The molecule has 0 N–H and O–H groups in total. The highest BCUT2D eigenvalue weighted by atomic mass is 32.2. The van der Waals surface area contributed by atoms with Gasteiger partial charge in [-0.3, -0.25) is 0 Å². The van der Waals surface area contributed by atoms with Gasteiger partial charge in [-0.05, 0) is 35.9 Å². The molecule has 0 saturated carbocycles. The molecular formula is C18H19FN2O4S. The highest BCUT2D eigenvalue weighted by Gasteiger charge is 2.34. The molecule has 1 unspecified atom stereocenters. The Morgan fingerprint density at radius 1 is 1.08 bits per heavy atom. The molecule has 8 heteroatoms. The molecule has 1 atom stereocenters. The van der Waals surface area contributed by atoms with E-state index in [1.54, 1.807) is 37.4 Å². The van der Waals surface area contributed by atoms with E-state index in [-0.39, 0.29) is 5.82 Å². The minimum Gasteiger partial charge on any atom is -0.493 e. The number of sulfonamides is 1. The lowest BCUT2D eigenvalue weighted by molar-refractivity contribution is 0.355. The van der Waals surface area contributed by atoms with Gasteiger partial charge in [-0.1, -0.05) is 12.1 Å². The van der Waals surface area contributed by atoms with Gasteiger partial charge in [0.05, 0.1) is 32.2 Å². The molecule has 0 saturated heterocycles. The molecule has 3 rings (SSSR count). The van der Waals surface area contributed by atoms with Gasteiger partial charge in [0.1, 0.15) is 5.82 Å². The van der Waals surface area contributed by atoms with Crippen molar-refractivity contribution in [1.29, 1.82) is 0 Å². The Balaban J connectivity index is 2.00. The number of hydrogen-bond donors (Lipinski definition) is 0. The standard InChI is InChI=1S/C18H19FN2O4S/c1-24-17-9-6-13(10-18(17)25-2)15-11-16(21(20-15)26(3,22)23)12-4-7-14(19)8-5-12/h4-10,16H,11H2,1-3H3. The molecule has 0 amide bonds. The van der Waals surface area contributed by atoms with E-state index in [4.69, 9.17) is 9.47 Å². The number of ether oxygens (including phenoxy) is 2. The number of methoxy groups -OCH3 is 2. The van der Waals surface area contributed by atoms with Gasteiger partial charge in [0.2, 0.25) is 10.0 Å². The van der Waals surface area contributed by atoms with Gasteiger partial charge >= 0.3 is 0 Å². The number of rotatable bonds is 5. The molecule has 1 aliphatic rings. The SMILES string of the molecule is COc1ccc(C2=NN(S(C)(=O)=O)C(c3ccc(F)cc3)C2)cc1OC. The van der Waals surface area contributed by atoms with Crippen LogP contribution in [0.25, 0.3) is 0 Å². The Kier molecular flexibility index (Phi) is 4.86. The predicted octanol–water partition coefficient (Wildman–Crippen LogP) is 2.95. The Morgan fingerprint density at radius 3 is 2.31 bits per heavy atom. The summed E-state index contributed by atoms with van der Waals surface area (Å²) >= 11 is 0. The lowest BCUT2D eigenvalue weighted by Gasteiger charge is -2.21. The van der Waals surface area contributed by atoms with E-state index in [2.05, 4.69) is 5.10 Å². The zero-order chi connectivity index (χ0) is 18.9. The van der Waals surface area contributed by atoms with Crippen LogP contribution in [0.1, 0.15) is 23.6 Å². The molecule has 0 aliphatic carbocycles. The molecule has 138 valence electrons. The number of nitrogens with zero attached hydrogens (tertiary/aromatic N) is 2. The summed E-state index contributed by atoms with van der Waals surface area (Å²) < 4.78 is 49.2. The number of halogens is 1. The number of benzene rings is 2. The van der Waals surface area contributed by atoms with Crippen molar-refractivity contribution in [2.45, 2.75) is 12.5 Å². The molecule has 0 bridgehead atoms. The minimum atomic E-state index is -3.58. The average Bonchev–Trinajstić information content (AvgIpc) is 3.07. The smallest absolute Gasteiger partial charge is 0.247 e. The molecule has 1 aliphatic heterocycles. The Morgan fingerprint density at radius 2 is 1.73 bits per heavy atom. The summed E-state index contributed by atoms with van der Waals surface area (Å²) in [5, 5.41) is 4.31. The largest absolute Gasteiger partial charge is 0.493 e. The topological polar surface area (TPSA) is 68.2 Å². The maximum Gasteiger partial charge on any atom is 0.247 e. The second kappa shape index (κ2) is 6.95. The fourth-order valence-electron chi connectivity index (χ4n) is 2.92. The summed E-state index contributed by atoms with van der Waals surface area (Å²) in [4.78, 5) is 0. The van der Waals surface area contributed by atoms with E-state index >= 15 is 0 Å². The molecular weight excluding hydrogens is 359 g/mol. The highest BCUT2D eigenvalue weighted by Crippen LogP contribution is 2.36. The third-order valence-corrected chi connectivity index (χ3v) is 5.20. The van der Waals surface area contributed by atoms with E-state index in [1.807, 2.05) is 0 Å². The highest BCUT2D eigenvalue weighted by molar-refractivity contribution is 7.88. The number of hydrogen-bond acceptors (Lipinski definition) is 5. The summed E-state index contributed by atoms with van der Waals surface area (Å²) in [5.41, 5.74) is 2.02. The predicted molar refractivity (Wildman–Crippen MR) is 96.5 cm³/mol. The zero-order valence-corrected chi connectivity index (χ0v) is 15.5. The van der Waals surface area contributed by atoms with Gasteiger partial charge in [0.25, 0.3) is 0 Å². The van der Waals surface area contributed by atoms with Gasteiger partial charge in [-0.25, -0.2) is 12.8 Å². The van der Waals surface area contributed by atoms with Crippen LogP contribution in [-0.2, 0) is 10.0 Å². The molecule has 1 heterocycles. The maximum absolute atomic E-state index is 13.2. The van der Waals surface area contributed by atoms with Crippen molar-refractivity contribution < 1.29 is 22.3 Å². The van der Waals surface area contributed by atoms with E-state index in [0.717, 1.165) is 16.2 Å². The van der Waals surface area contributed by atoms with Gasteiger partial charge in [-0.15, -0.1) is 0 Å². The van der Waals surface area contributed by atoms with Crippen molar-refractivity contribution in [3.63, 3.8) is 0 Å². The van der Waals surface area contributed by atoms with Gasteiger partial charge in [0, 0.05) is 12.0 Å². The van der Waals surface area contributed by atoms with Crippen LogP contribution in [0, 0.1) is 5.82 Å². The first-order valence-electron chi connectivity index (χ1n) is 7.88. The van der Waals surface area contributed by atoms with E-state index in [1.165, 1.54) is 19.2 Å². The normalized spacial score (nSPS) is 17.2. The first-order valence-corrected chi connectivity index (χ1v) is 9.73. The van der Waals surface area contributed by atoms with Crippen molar-refractivity contribution in [3.05, 3.63) is 59.4 Å². The fraction of sp³-hybridized carbons (Fsp3) is 0.278. The second-order valence-electron chi connectivity index (χ2n) is 5.92. The van der Waals surface area contributed by atoms with E-state index in [0.29, 0.717) is 29.2 Å². The molecule has 2 aromatic rings. The second-order valence-corrected chi connectivity index (χ2v) is 7.76. The third-order valence-electron chi connectivity index (χ3n) is 4.18. The van der Waals surface area contributed by atoms with Crippen molar-refractivity contribution in [2.24, 2.45) is 5.10 Å². The van der Waals surface area contributed by atoms with Crippen LogP contribution in [0.3, 0.4) is 0 Å². The van der Waals surface area contributed by atoms with Gasteiger partial charge in [-0.2, -0.15) is 9.52 Å². The first-order chi connectivity index (χ1) is 12.3. The van der Waals surface area contributed by atoms with Crippen LogP contribution in [0.5, 0.6) is 11.5 Å². The van der Waals surface area contributed by atoms with Crippen molar-refractivity contribution >= 4 is 15.7 Å². The third kappa shape index (κ3) is 3.50. The summed E-state index contributed by atoms with van der Waals surface area (Å²) in [7, 11) is -0.511. The summed E-state index contributed by atoms with van der Waals surface area (Å²) in [6.45, 7) is 0. The lowest BCUT2D eigenvalue weighted by Crippen LogP contribution is -2.25. The van der Waals surface area contributed by atoms with Crippen molar-refractivity contribution in [1.82, 2.24) is 4.41 Å². The molecule has 0 fully saturated rings.